The fourth-order valence-electron chi connectivity index (χ4n) is 2.60. The molecule has 0 saturated carbocycles. The van der Waals surface area contributed by atoms with Crippen LogP contribution in [0, 0.1) is 0 Å². The Kier molecular flexibility index (Phi) is 3.01. The zero-order valence-electron chi connectivity index (χ0n) is 8.56. The highest BCUT2D eigenvalue weighted by atomic mass is 35.5. The molecule has 2 bridgehead atoms. The highest BCUT2D eigenvalue weighted by Crippen LogP contribution is 2.38. The van der Waals surface area contributed by atoms with Crippen LogP contribution in [0.1, 0.15) is 30.1 Å². The van der Waals surface area contributed by atoms with Crippen molar-refractivity contribution in [2.45, 2.75) is 37.5 Å². The Hall–Kier alpha value is -0.570. The number of halogens is 1. The van der Waals surface area contributed by atoms with E-state index in [1.165, 1.54) is 11.1 Å². The van der Waals surface area contributed by atoms with Crippen molar-refractivity contribution in [1.29, 1.82) is 0 Å². The first-order valence-corrected chi connectivity index (χ1v) is 5.33. The van der Waals surface area contributed by atoms with Gasteiger partial charge in [-0.1, -0.05) is 24.3 Å². The zero-order valence-corrected chi connectivity index (χ0v) is 9.37. The number of fused-ring (bicyclic) bond motifs is 4. The summed E-state index contributed by atoms with van der Waals surface area (Å²) in [7, 11) is 0. The Balaban J connectivity index is 0.000000853. The van der Waals surface area contributed by atoms with Crippen molar-refractivity contribution in [2.24, 2.45) is 5.73 Å². The van der Waals surface area contributed by atoms with Gasteiger partial charge in [-0.3, -0.25) is 0 Å². The van der Waals surface area contributed by atoms with Crippen LogP contribution in [0.2, 0.25) is 0 Å². The van der Waals surface area contributed by atoms with Crippen LogP contribution in [-0.2, 0) is 11.2 Å². The van der Waals surface area contributed by atoms with Crippen LogP contribution < -0.4 is 5.73 Å². The van der Waals surface area contributed by atoms with Crippen molar-refractivity contribution in [1.82, 2.24) is 0 Å². The molecule has 3 rings (SSSR count). The normalized spacial score (nSPS) is 32.7. The maximum absolute atomic E-state index is 6.08. The van der Waals surface area contributed by atoms with Gasteiger partial charge in [-0.15, -0.1) is 12.4 Å². The lowest BCUT2D eigenvalue weighted by atomic mass is 9.84. The van der Waals surface area contributed by atoms with Gasteiger partial charge in [0, 0.05) is 6.04 Å². The van der Waals surface area contributed by atoms with Gasteiger partial charge in [0.1, 0.15) is 0 Å². The van der Waals surface area contributed by atoms with E-state index in [4.69, 9.17) is 10.5 Å². The maximum Gasteiger partial charge on any atom is 0.0982 e. The molecule has 0 spiro atoms. The van der Waals surface area contributed by atoms with Gasteiger partial charge in [0.25, 0.3) is 0 Å². The second-order valence-corrected chi connectivity index (χ2v) is 4.32. The Labute approximate surface area is 96.2 Å². The fraction of sp³-hybridized carbons (Fsp3) is 0.500. The molecule has 0 aromatic heterocycles. The van der Waals surface area contributed by atoms with Gasteiger partial charge in [-0.2, -0.15) is 0 Å². The highest BCUT2D eigenvalue weighted by molar-refractivity contribution is 5.85. The van der Waals surface area contributed by atoms with Crippen molar-refractivity contribution in [2.75, 3.05) is 0 Å². The molecule has 0 radical (unpaired) electrons. The number of rotatable bonds is 0. The Morgan fingerprint density at radius 1 is 1.20 bits per heavy atom. The van der Waals surface area contributed by atoms with Crippen LogP contribution in [0.4, 0.5) is 0 Å². The third-order valence-electron chi connectivity index (χ3n) is 3.36. The second kappa shape index (κ2) is 4.12. The quantitative estimate of drug-likeness (QED) is 0.735. The average Bonchev–Trinajstić information content (AvgIpc) is 2.23. The predicted octanol–water partition coefficient (Wildman–Crippen LogP) is 2.21. The number of ether oxygens (including phenoxy) is 1. The third kappa shape index (κ3) is 1.78. The smallest absolute Gasteiger partial charge is 0.0982 e. The van der Waals surface area contributed by atoms with Gasteiger partial charge >= 0.3 is 0 Å². The van der Waals surface area contributed by atoms with Gasteiger partial charge in [0.05, 0.1) is 12.2 Å². The summed E-state index contributed by atoms with van der Waals surface area (Å²) in [5, 5.41) is 0. The van der Waals surface area contributed by atoms with E-state index in [9.17, 15) is 0 Å². The first-order valence-electron chi connectivity index (χ1n) is 5.33. The van der Waals surface area contributed by atoms with Crippen molar-refractivity contribution in [3.05, 3.63) is 35.4 Å². The molecule has 2 N–H and O–H groups in total. The summed E-state index contributed by atoms with van der Waals surface area (Å²) in [6, 6.07) is 8.72. The maximum atomic E-state index is 6.08. The third-order valence-corrected chi connectivity index (χ3v) is 3.36. The van der Waals surface area contributed by atoms with Crippen LogP contribution in [0.15, 0.2) is 24.3 Å². The van der Waals surface area contributed by atoms with Crippen molar-refractivity contribution < 1.29 is 4.74 Å². The lowest BCUT2D eigenvalue weighted by Gasteiger charge is -2.40. The van der Waals surface area contributed by atoms with Crippen LogP contribution >= 0.6 is 12.4 Å². The van der Waals surface area contributed by atoms with Gasteiger partial charge in [-0.25, -0.2) is 0 Å². The molecule has 1 saturated heterocycles. The van der Waals surface area contributed by atoms with Crippen LogP contribution in [0.25, 0.3) is 0 Å². The van der Waals surface area contributed by atoms with Gasteiger partial charge in [-0.05, 0) is 30.4 Å². The standard InChI is InChI=1S/C12H15NO.ClH/c13-11-6-5-9-7-8-3-1-2-4-10(8)12(11)14-9;/h1-4,9,11-12H,5-7,13H2;1H/t9-,11-,12-;/m0./s1. The Morgan fingerprint density at radius 2 is 2.00 bits per heavy atom. The second-order valence-electron chi connectivity index (χ2n) is 4.32. The molecular weight excluding hydrogens is 210 g/mol. The van der Waals surface area contributed by atoms with Crippen molar-refractivity contribution in [3.63, 3.8) is 0 Å². The summed E-state index contributed by atoms with van der Waals surface area (Å²) >= 11 is 0. The number of hydrogen-bond donors (Lipinski definition) is 1. The molecule has 1 fully saturated rings. The first-order chi connectivity index (χ1) is 6.84. The molecule has 1 aromatic rings. The van der Waals surface area contributed by atoms with E-state index in [1.54, 1.807) is 0 Å². The zero-order chi connectivity index (χ0) is 9.54. The van der Waals surface area contributed by atoms with E-state index in [-0.39, 0.29) is 24.6 Å². The molecule has 0 amide bonds. The number of nitrogens with two attached hydrogens (primary N) is 1. The molecule has 15 heavy (non-hydrogen) atoms. The van der Waals surface area contributed by atoms with E-state index in [0.29, 0.717) is 6.10 Å². The molecule has 0 aliphatic carbocycles. The first kappa shape index (κ1) is 10.9. The SMILES string of the molecule is Cl.N[C@H]1CC[C@H]2Cc3ccccc3[C@@H]1O2. The van der Waals surface area contributed by atoms with Gasteiger partial charge in [0.2, 0.25) is 0 Å². The molecule has 82 valence electrons. The van der Waals surface area contributed by atoms with Crippen molar-refractivity contribution >= 4 is 12.4 Å². The molecule has 0 unspecified atom stereocenters. The van der Waals surface area contributed by atoms with Gasteiger partial charge in [0.15, 0.2) is 0 Å². The van der Waals surface area contributed by atoms with E-state index >= 15 is 0 Å². The molecule has 3 atom stereocenters. The molecule has 2 aliphatic rings. The summed E-state index contributed by atoms with van der Waals surface area (Å²) in [5.41, 5.74) is 8.83. The Bertz CT molecular complexity index is 355. The minimum absolute atomic E-state index is 0. The molecule has 2 heterocycles. The lowest BCUT2D eigenvalue weighted by molar-refractivity contribution is -0.0730. The van der Waals surface area contributed by atoms with E-state index in [2.05, 4.69) is 24.3 Å². The van der Waals surface area contributed by atoms with Crippen LogP contribution in [0.5, 0.6) is 0 Å². The monoisotopic (exact) mass is 225 g/mol. The number of benzene rings is 1. The molecule has 3 heteroatoms. The summed E-state index contributed by atoms with van der Waals surface area (Å²) in [6.07, 6.45) is 3.85. The minimum atomic E-state index is 0. The highest BCUT2D eigenvalue weighted by Gasteiger charge is 2.35. The molecular formula is C12H16ClNO. The van der Waals surface area contributed by atoms with Crippen LogP contribution in [-0.4, -0.2) is 12.1 Å². The van der Waals surface area contributed by atoms with E-state index < -0.39 is 0 Å². The number of hydrogen-bond acceptors (Lipinski definition) is 2. The summed E-state index contributed by atoms with van der Waals surface area (Å²) in [6.45, 7) is 0. The molecule has 1 aromatic carbocycles. The summed E-state index contributed by atoms with van der Waals surface area (Å²) < 4.78 is 5.94. The predicted molar refractivity (Wildman–Crippen MR) is 62.2 cm³/mol. The largest absolute Gasteiger partial charge is 0.368 e. The average molecular weight is 226 g/mol. The topological polar surface area (TPSA) is 35.2 Å². The van der Waals surface area contributed by atoms with Crippen LogP contribution in [0.3, 0.4) is 0 Å². The summed E-state index contributed by atoms with van der Waals surface area (Å²) in [4.78, 5) is 0. The fourth-order valence-corrected chi connectivity index (χ4v) is 2.60. The lowest BCUT2D eigenvalue weighted by Crippen LogP contribution is -2.42. The van der Waals surface area contributed by atoms with E-state index in [1.807, 2.05) is 0 Å². The van der Waals surface area contributed by atoms with E-state index in [0.717, 1.165) is 19.3 Å². The van der Waals surface area contributed by atoms with Crippen molar-refractivity contribution in [3.8, 4) is 0 Å². The summed E-state index contributed by atoms with van der Waals surface area (Å²) in [5.74, 6) is 0. The minimum Gasteiger partial charge on any atom is -0.368 e. The Morgan fingerprint density at radius 3 is 2.87 bits per heavy atom. The van der Waals surface area contributed by atoms with Gasteiger partial charge < -0.3 is 10.5 Å². The molecule has 2 aliphatic heterocycles. The molecule has 2 nitrogen and oxygen atoms in total.